The number of rotatable bonds is 5. The Bertz CT molecular complexity index is 3210. The molecule has 0 spiro atoms. The lowest BCUT2D eigenvalue weighted by molar-refractivity contribution is 0.475. The molecule has 2 N–H and O–H groups in total. The molecule has 10 aromatic rings. The number of hydrogen-bond donors (Lipinski definition) is 2. The second kappa shape index (κ2) is 11.3. The molecule has 0 saturated carbocycles. The van der Waals surface area contributed by atoms with Crippen molar-refractivity contribution in [3.8, 4) is 33.8 Å². The van der Waals surface area contributed by atoms with Gasteiger partial charge in [-0.25, -0.2) is 0 Å². The average Bonchev–Trinajstić information content (AvgIpc) is 3.83. The number of fused-ring (bicyclic) bond motifs is 8. The van der Waals surface area contributed by atoms with Crippen molar-refractivity contribution in [3.05, 3.63) is 164 Å². The molecule has 8 aromatic carbocycles. The van der Waals surface area contributed by atoms with Crippen LogP contribution in [0.2, 0.25) is 0 Å². The van der Waals surface area contributed by atoms with Crippen LogP contribution in [-0.2, 0) is 0 Å². The zero-order valence-corrected chi connectivity index (χ0v) is 26.9. The van der Waals surface area contributed by atoms with E-state index in [9.17, 15) is 10.2 Å². The van der Waals surface area contributed by atoms with Crippen LogP contribution in [0, 0.1) is 0 Å². The summed E-state index contributed by atoms with van der Waals surface area (Å²) in [5.41, 5.74) is 6.51. The summed E-state index contributed by atoms with van der Waals surface area (Å²) in [7, 11) is 0. The highest BCUT2D eigenvalue weighted by molar-refractivity contribution is 6.17. The number of aromatic hydroxyl groups is 2. The van der Waals surface area contributed by atoms with Gasteiger partial charge in [0, 0.05) is 44.5 Å². The fourth-order valence-electron chi connectivity index (χ4n) is 7.07. The van der Waals surface area contributed by atoms with E-state index < -0.39 is 35.7 Å². The fourth-order valence-corrected chi connectivity index (χ4v) is 7.07. The van der Waals surface area contributed by atoms with Crippen molar-refractivity contribution in [2.45, 2.75) is 0 Å². The SMILES string of the molecule is [2H]c1c([2H])c(O)c2c(oc3c([2H])c(O)c([2H])c([2H])c32)c1-c1ccc(N(c2ccc(-c3ccccc3)cc2)c2cccc3c2oc2c4ccccc4ccc32)cc1. The van der Waals surface area contributed by atoms with E-state index in [0.29, 0.717) is 11.1 Å². The van der Waals surface area contributed by atoms with Crippen LogP contribution in [0.5, 0.6) is 11.5 Å². The third-order valence-corrected chi connectivity index (χ3v) is 9.47. The number of anilines is 3. The largest absolute Gasteiger partial charge is 0.508 e. The summed E-state index contributed by atoms with van der Waals surface area (Å²) >= 11 is 0. The van der Waals surface area contributed by atoms with E-state index in [0.717, 1.165) is 55.3 Å². The molecule has 5 heteroatoms. The Balaban J connectivity index is 1.18. The molecule has 2 heterocycles. The number of hydrogen-bond acceptors (Lipinski definition) is 5. The molecule has 0 saturated heterocycles. The Morgan fingerprint density at radius 2 is 1.18 bits per heavy atom. The van der Waals surface area contributed by atoms with Crippen LogP contribution in [0.15, 0.2) is 173 Å². The van der Waals surface area contributed by atoms with Crippen molar-refractivity contribution < 1.29 is 25.9 Å². The van der Waals surface area contributed by atoms with Crippen LogP contribution in [0.3, 0.4) is 0 Å². The zero-order valence-electron chi connectivity index (χ0n) is 31.9. The highest BCUT2D eigenvalue weighted by Crippen LogP contribution is 2.45. The normalized spacial score (nSPS) is 13.1. The predicted molar refractivity (Wildman–Crippen MR) is 207 cm³/mol. The Morgan fingerprint density at radius 3 is 1.98 bits per heavy atom. The van der Waals surface area contributed by atoms with Crippen LogP contribution in [-0.4, -0.2) is 10.2 Å². The summed E-state index contributed by atoms with van der Waals surface area (Å²) < 4.78 is 55.5. The molecular formula is C46H29NO4. The topological polar surface area (TPSA) is 70.0 Å². The van der Waals surface area contributed by atoms with Crippen LogP contribution in [0.1, 0.15) is 6.85 Å². The lowest BCUT2D eigenvalue weighted by atomic mass is 10.0. The molecule has 10 rings (SSSR count). The van der Waals surface area contributed by atoms with Crippen LogP contribution in [0.25, 0.3) is 76.9 Å². The van der Waals surface area contributed by atoms with Gasteiger partial charge in [-0.05, 0) is 82.6 Å². The minimum Gasteiger partial charge on any atom is -0.508 e. The van der Waals surface area contributed by atoms with Gasteiger partial charge in [0.2, 0.25) is 0 Å². The molecule has 0 radical (unpaired) electrons. The second-order valence-corrected chi connectivity index (χ2v) is 12.4. The molecular weight excluding hydrogens is 631 g/mol. The van der Waals surface area contributed by atoms with Gasteiger partial charge in [0.05, 0.1) is 17.9 Å². The Kier molecular flexibility index (Phi) is 5.36. The van der Waals surface area contributed by atoms with Gasteiger partial charge < -0.3 is 23.9 Å². The minimum atomic E-state index is -0.728. The van der Waals surface area contributed by atoms with Gasteiger partial charge in [-0.15, -0.1) is 0 Å². The van der Waals surface area contributed by atoms with Crippen molar-refractivity contribution in [2.75, 3.05) is 4.90 Å². The van der Waals surface area contributed by atoms with Gasteiger partial charge in [-0.3, -0.25) is 0 Å². The lowest BCUT2D eigenvalue weighted by Gasteiger charge is -2.26. The van der Waals surface area contributed by atoms with Gasteiger partial charge >= 0.3 is 0 Å². The van der Waals surface area contributed by atoms with Crippen molar-refractivity contribution in [2.24, 2.45) is 0 Å². The number of nitrogens with zero attached hydrogens (tertiary/aromatic N) is 1. The molecule has 0 bridgehead atoms. The third kappa shape index (κ3) is 4.63. The first-order valence-corrected chi connectivity index (χ1v) is 16.5. The fraction of sp³-hybridized carbons (Fsp3) is 0. The lowest BCUT2D eigenvalue weighted by Crippen LogP contribution is -2.10. The van der Waals surface area contributed by atoms with Gasteiger partial charge in [-0.2, -0.15) is 0 Å². The van der Waals surface area contributed by atoms with Gasteiger partial charge in [0.15, 0.2) is 5.58 Å². The molecule has 0 fully saturated rings. The van der Waals surface area contributed by atoms with Crippen LogP contribution in [0.4, 0.5) is 17.1 Å². The monoisotopic (exact) mass is 664 g/mol. The van der Waals surface area contributed by atoms with Crippen LogP contribution < -0.4 is 4.90 Å². The number of para-hydroxylation sites is 1. The number of phenols is 2. The van der Waals surface area contributed by atoms with E-state index in [2.05, 4.69) is 71.6 Å². The van der Waals surface area contributed by atoms with Gasteiger partial charge in [-0.1, -0.05) is 97.1 Å². The quantitative estimate of drug-likeness (QED) is 0.192. The summed E-state index contributed by atoms with van der Waals surface area (Å²) in [6.07, 6.45) is 0. The average molecular weight is 665 g/mol. The van der Waals surface area contributed by atoms with E-state index >= 15 is 0 Å². The zero-order chi connectivity index (χ0) is 38.4. The summed E-state index contributed by atoms with van der Waals surface area (Å²) in [5, 5.41) is 25.4. The standard InChI is InChI=1S/C46H29NO4/c48-34-22-24-39-42(27-34)50-46-36(25-26-41(49)43(39)46)31-15-20-33(21-16-31)47(32-18-13-29(14-19-32)28-7-2-1-3-8-28)40-12-6-11-37-38-23-17-30-9-4-5-10-35(30)44(38)51-45(37)40/h1-27,48-49H/i22D,24D,25D,26D,27D. The Hall–Kier alpha value is -6.98. The van der Waals surface area contributed by atoms with Gasteiger partial charge in [0.25, 0.3) is 0 Å². The highest BCUT2D eigenvalue weighted by atomic mass is 16.3. The molecule has 0 amide bonds. The van der Waals surface area contributed by atoms with Crippen molar-refractivity contribution in [1.29, 1.82) is 0 Å². The van der Waals surface area contributed by atoms with E-state index in [4.69, 9.17) is 15.7 Å². The number of phenolic OH excluding ortho intramolecular Hbond substituents is 2. The molecule has 0 atom stereocenters. The number of benzene rings is 8. The summed E-state index contributed by atoms with van der Waals surface area (Å²) in [5.74, 6) is -1.33. The molecule has 242 valence electrons. The third-order valence-electron chi connectivity index (χ3n) is 9.47. The smallest absolute Gasteiger partial charge is 0.159 e. The van der Waals surface area contributed by atoms with Gasteiger partial charge in [0.1, 0.15) is 28.2 Å². The Labute approximate surface area is 299 Å². The molecule has 0 aliphatic carbocycles. The van der Waals surface area contributed by atoms with E-state index in [-0.39, 0.29) is 33.5 Å². The molecule has 51 heavy (non-hydrogen) atoms. The molecule has 0 aliphatic heterocycles. The molecule has 2 aromatic heterocycles. The van der Waals surface area contributed by atoms with Crippen LogP contribution >= 0.6 is 0 Å². The maximum absolute atomic E-state index is 11.1. The Morgan fingerprint density at radius 1 is 0.490 bits per heavy atom. The van der Waals surface area contributed by atoms with Crippen molar-refractivity contribution in [3.63, 3.8) is 0 Å². The maximum atomic E-state index is 11.1. The number of furan rings is 2. The minimum absolute atomic E-state index is 0.0223. The summed E-state index contributed by atoms with van der Waals surface area (Å²) in [4.78, 5) is 2.11. The maximum Gasteiger partial charge on any atom is 0.159 e. The van der Waals surface area contributed by atoms with E-state index in [1.807, 2.05) is 54.6 Å². The molecule has 0 aliphatic rings. The summed E-state index contributed by atoms with van der Waals surface area (Å²) in [6, 6.07) is 41.9. The predicted octanol–water partition coefficient (Wildman–Crippen LogP) is 12.9. The first-order valence-electron chi connectivity index (χ1n) is 19.0. The van der Waals surface area contributed by atoms with Crippen molar-refractivity contribution >= 4 is 71.7 Å². The van der Waals surface area contributed by atoms with E-state index in [1.54, 1.807) is 12.1 Å². The summed E-state index contributed by atoms with van der Waals surface area (Å²) in [6.45, 7) is 0. The van der Waals surface area contributed by atoms with Crippen molar-refractivity contribution in [1.82, 2.24) is 0 Å². The molecule has 0 unspecified atom stereocenters. The van der Waals surface area contributed by atoms with E-state index in [1.165, 1.54) is 0 Å². The first kappa shape index (κ1) is 24.2. The highest BCUT2D eigenvalue weighted by Gasteiger charge is 2.21. The second-order valence-electron chi connectivity index (χ2n) is 12.4. The first-order chi connectivity index (χ1) is 27.2. The molecule has 5 nitrogen and oxygen atoms in total.